The molecule has 1 aliphatic rings. The molecule has 2 aromatic rings. The number of ether oxygens (including phenoxy) is 3. The van der Waals surface area contributed by atoms with E-state index in [-0.39, 0.29) is 35.4 Å². The average Bonchev–Trinajstić information content (AvgIpc) is 2.76. The van der Waals surface area contributed by atoms with Crippen molar-refractivity contribution >= 4 is 17.8 Å². The Balaban J connectivity index is 1.68. The van der Waals surface area contributed by atoms with Gasteiger partial charge >= 0.3 is 11.9 Å². The van der Waals surface area contributed by atoms with Crippen LogP contribution in [0.25, 0.3) is 0 Å². The van der Waals surface area contributed by atoms with Crippen LogP contribution < -0.4 is 10.1 Å². The first-order chi connectivity index (χ1) is 14.0. The highest BCUT2D eigenvalue weighted by Crippen LogP contribution is 2.29. The summed E-state index contributed by atoms with van der Waals surface area (Å²) in [6.45, 7) is -0.246. The van der Waals surface area contributed by atoms with Crippen molar-refractivity contribution in [3.63, 3.8) is 0 Å². The topological polar surface area (TPSA) is 90.9 Å². The van der Waals surface area contributed by atoms with E-state index in [0.717, 1.165) is 24.8 Å². The predicted octanol–water partition coefficient (Wildman–Crippen LogP) is 2.83. The maximum atomic E-state index is 12.4. The molecule has 0 radical (unpaired) electrons. The number of aryl methyl sites for hydroxylation is 1. The Hall–Kier alpha value is -3.35. The second-order valence-electron chi connectivity index (χ2n) is 6.73. The highest BCUT2D eigenvalue weighted by Gasteiger charge is 2.22. The Bertz CT molecular complexity index is 889. The minimum absolute atomic E-state index is 0.0527. The Morgan fingerprint density at radius 2 is 1.66 bits per heavy atom. The zero-order chi connectivity index (χ0) is 20.8. The van der Waals surface area contributed by atoms with E-state index in [1.165, 1.54) is 38.0 Å². The van der Waals surface area contributed by atoms with Crippen molar-refractivity contribution in [2.45, 2.75) is 25.3 Å². The van der Waals surface area contributed by atoms with Crippen LogP contribution in [0.3, 0.4) is 0 Å². The summed E-state index contributed by atoms with van der Waals surface area (Å²) in [5.41, 5.74) is 2.64. The molecule has 0 aliphatic heterocycles. The molecule has 0 aromatic heterocycles. The minimum Gasteiger partial charge on any atom is -0.484 e. The highest BCUT2D eigenvalue weighted by atomic mass is 16.5. The first-order valence-corrected chi connectivity index (χ1v) is 9.33. The van der Waals surface area contributed by atoms with Gasteiger partial charge in [0.15, 0.2) is 6.61 Å². The molecule has 29 heavy (non-hydrogen) atoms. The summed E-state index contributed by atoms with van der Waals surface area (Å²) in [7, 11) is 2.48. The van der Waals surface area contributed by atoms with Gasteiger partial charge in [0.05, 0.1) is 31.4 Å². The van der Waals surface area contributed by atoms with Crippen LogP contribution in [0.15, 0.2) is 42.5 Å². The smallest absolute Gasteiger partial charge is 0.338 e. The molecular weight excluding hydrogens is 374 g/mol. The van der Waals surface area contributed by atoms with Gasteiger partial charge in [-0.05, 0) is 48.6 Å². The summed E-state index contributed by atoms with van der Waals surface area (Å²) in [6, 6.07) is 12.2. The molecule has 0 saturated heterocycles. The van der Waals surface area contributed by atoms with Gasteiger partial charge in [0.2, 0.25) is 0 Å². The fourth-order valence-corrected chi connectivity index (χ4v) is 3.44. The van der Waals surface area contributed by atoms with Crippen LogP contribution in [0.5, 0.6) is 5.75 Å². The van der Waals surface area contributed by atoms with E-state index in [0.29, 0.717) is 0 Å². The molecule has 3 rings (SSSR count). The van der Waals surface area contributed by atoms with Crippen molar-refractivity contribution in [1.82, 2.24) is 5.32 Å². The van der Waals surface area contributed by atoms with Gasteiger partial charge in [-0.1, -0.05) is 24.3 Å². The lowest BCUT2D eigenvalue weighted by Crippen LogP contribution is -2.34. The summed E-state index contributed by atoms with van der Waals surface area (Å²) in [5, 5.41) is 3.00. The molecule has 0 bridgehead atoms. The molecule has 152 valence electrons. The van der Waals surface area contributed by atoms with Crippen LogP contribution in [0.4, 0.5) is 0 Å². The van der Waals surface area contributed by atoms with E-state index in [2.05, 4.69) is 11.4 Å². The van der Waals surface area contributed by atoms with Crippen molar-refractivity contribution in [3.05, 3.63) is 64.7 Å². The molecule has 2 aromatic carbocycles. The quantitative estimate of drug-likeness (QED) is 0.754. The fourth-order valence-electron chi connectivity index (χ4n) is 3.44. The van der Waals surface area contributed by atoms with Gasteiger partial charge in [0.1, 0.15) is 5.75 Å². The maximum Gasteiger partial charge on any atom is 0.338 e. The van der Waals surface area contributed by atoms with Crippen LogP contribution in [0, 0.1) is 0 Å². The zero-order valence-electron chi connectivity index (χ0n) is 16.4. The van der Waals surface area contributed by atoms with Crippen LogP contribution in [-0.2, 0) is 20.7 Å². The number of rotatable bonds is 6. The molecule has 1 N–H and O–H groups in total. The number of hydrogen-bond acceptors (Lipinski definition) is 6. The first-order valence-electron chi connectivity index (χ1n) is 9.33. The lowest BCUT2D eigenvalue weighted by molar-refractivity contribution is -0.124. The molecule has 0 saturated carbocycles. The third-order valence-corrected chi connectivity index (χ3v) is 4.82. The summed E-state index contributed by atoms with van der Waals surface area (Å²) in [4.78, 5) is 36.1. The molecule has 1 aliphatic carbocycles. The monoisotopic (exact) mass is 397 g/mol. The third kappa shape index (κ3) is 4.93. The molecule has 1 amide bonds. The molecule has 7 heteroatoms. The second-order valence-corrected chi connectivity index (χ2v) is 6.73. The van der Waals surface area contributed by atoms with E-state index in [4.69, 9.17) is 14.2 Å². The predicted molar refractivity (Wildman–Crippen MR) is 105 cm³/mol. The number of methoxy groups -OCH3 is 2. The number of nitrogens with one attached hydrogen (secondary N) is 1. The number of amides is 1. The number of benzene rings is 2. The largest absolute Gasteiger partial charge is 0.484 e. The number of carbonyl (C=O) groups is 3. The lowest BCUT2D eigenvalue weighted by atomic mass is 9.88. The lowest BCUT2D eigenvalue weighted by Gasteiger charge is -2.26. The molecule has 1 atom stereocenters. The van der Waals surface area contributed by atoms with Gasteiger partial charge in [-0.25, -0.2) is 9.59 Å². The Morgan fingerprint density at radius 1 is 1.00 bits per heavy atom. The van der Waals surface area contributed by atoms with E-state index in [1.807, 2.05) is 18.2 Å². The Morgan fingerprint density at radius 3 is 2.31 bits per heavy atom. The number of hydrogen-bond donors (Lipinski definition) is 1. The van der Waals surface area contributed by atoms with E-state index >= 15 is 0 Å². The van der Waals surface area contributed by atoms with Crippen molar-refractivity contribution in [2.75, 3.05) is 20.8 Å². The third-order valence-electron chi connectivity index (χ3n) is 4.82. The summed E-state index contributed by atoms with van der Waals surface area (Å²) in [5.74, 6) is -1.32. The van der Waals surface area contributed by atoms with Gasteiger partial charge < -0.3 is 19.5 Å². The number of fused-ring (bicyclic) bond motifs is 1. The van der Waals surface area contributed by atoms with Crippen LogP contribution in [0.2, 0.25) is 0 Å². The van der Waals surface area contributed by atoms with Crippen LogP contribution in [-0.4, -0.2) is 38.7 Å². The Kier molecular flexibility index (Phi) is 6.49. The molecule has 7 nitrogen and oxygen atoms in total. The molecule has 0 unspecified atom stereocenters. The fraction of sp³-hybridized carbons (Fsp3) is 0.318. The number of carbonyl (C=O) groups excluding carboxylic acids is 3. The van der Waals surface area contributed by atoms with Crippen molar-refractivity contribution < 1.29 is 28.6 Å². The number of esters is 2. The van der Waals surface area contributed by atoms with Gasteiger partial charge in [-0.15, -0.1) is 0 Å². The second kappa shape index (κ2) is 9.23. The maximum absolute atomic E-state index is 12.4. The van der Waals surface area contributed by atoms with E-state index < -0.39 is 11.9 Å². The van der Waals surface area contributed by atoms with Crippen LogP contribution in [0.1, 0.15) is 50.7 Å². The normalized spacial score (nSPS) is 15.0. The standard InChI is InChI=1S/C22H23NO6/c1-27-21(25)15-10-16(22(26)28-2)12-17(11-15)29-13-20(24)23-19-9-5-7-14-6-3-4-8-18(14)19/h3-4,6,8,10-12,19H,5,7,9,13H2,1-2H3,(H,23,24)/t19-/m0/s1. The van der Waals surface area contributed by atoms with Crippen molar-refractivity contribution in [3.8, 4) is 5.75 Å². The van der Waals surface area contributed by atoms with Gasteiger partial charge in [-0.2, -0.15) is 0 Å². The average molecular weight is 397 g/mol. The molecule has 0 fully saturated rings. The SMILES string of the molecule is COC(=O)c1cc(OCC(=O)N[C@H]2CCCc3ccccc32)cc(C(=O)OC)c1. The van der Waals surface area contributed by atoms with Crippen LogP contribution >= 0.6 is 0 Å². The zero-order valence-corrected chi connectivity index (χ0v) is 16.4. The minimum atomic E-state index is -0.621. The van der Waals surface area contributed by atoms with Crippen molar-refractivity contribution in [2.24, 2.45) is 0 Å². The first kappa shape index (κ1) is 20.4. The highest BCUT2D eigenvalue weighted by molar-refractivity contribution is 5.96. The van der Waals surface area contributed by atoms with Gasteiger partial charge in [0, 0.05) is 0 Å². The van der Waals surface area contributed by atoms with E-state index in [9.17, 15) is 14.4 Å². The van der Waals surface area contributed by atoms with Gasteiger partial charge in [0.25, 0.3) is 5.91 Å². The Labute approximate surface area is 169 Å². The summed E-state index contributed by atoms with van der Waals surface area (Å²) in [6.07, 6.45) is 2.88. The molecule has 0 heterocycles. The van der Waals surface area contributed by atoms with E-state index in [1.54, 1.807) is 0 Å². The van der Waals surface area contributed by atoms with Crippen molar-refractivity contribution in [1.29, 1.82) is 0 Å². The summed E-state index contributed by atoms with van der Waals surface area (Å²) >= 11 is 0. The van der Waals surface area contributed by atoms with Gasteiger partial charge in [-0.3, -0.25) is 4.79 Å². The molecular formula is C22H23NO6. The molecule has 0 spiro atoms. The summed E-state index contributed by atoms with van der Waals surface area (Å²) < 4.78 is 14.9.